The number of carbonyl (C=O) groups excluding carboxylic acids is 3. The lowest BCUT2D eigenvalue weighted by molar-refractivity contribution is -0.149. The molecule has 1 heterocycles. The summed E-state index contributed by atoms with van der Waals surface area (Å²) in [5.41, 5.74) is 1.85. The average molecular weight is 462 g/mol. The minimum atomic E-state index is -0.610. The molecule has 33 heavy (non-hydrogen) atoms. The van der Waals surface area contributed by atoms with Crippen molar-refractivity contribution in [1.29, 1.82) is 0 Å². The summed E-state index contributed by atoms with van der Waals surface area (Å²) < 4.78 is 11.0. The Morgan fingerprint density at radius 3 is 2.48 bits per heavy atom. The molecule has 3 aromatic carbocycles. The Bertz CT molecular complexity index is 1230. The number of esters is 1. The highest BCUT2D eigenvalue weighted by molar-refractivity contribution is 8.18. The molecular weight excluding hydrogens is 438 g/mol. The first-order chi connectivity index (χ1) is 15.9. The van der Waals surface area contributed by atoms with Gasteiger partial charge in [-0.3, -0.25) is 19.3 Å². The van der Waals surface area contributed by atoms with Crippen LogP contribution in [0.4, 0.5) is 4.79 Å². The summed E-state index contributed by atoms with van der Waals surface area (Å²) in [6, 6.07) is 21.6. The minimum absolute atomic E-state index is 0.266. The molecule has 7 heteroatoms. The Hall–Kier alpha value is -3.58. The van der Waals surface area contributed by atoms with Crippen LogP contribution in [0.15, 0.2) is 71.6 Å². The van der Waals surface area contributed by atoms with Crippen LogP contribution in [-0.2, 0) is 20.9 Å². The lowest BCUT2D eigenvalue weighted by Crippen LogP contribution is -2.35. The van der Waals surface area contributed by atoms with Gasteiger partial charge in [0.25, 0.3) is 11.1 Å². The van der Waals surface area contributed by atoms with Crippen molar-refractivity contribution < 1.29 is 23.9 Å². The van der Waals surface area contributed by atoms with Gasteiger partial charge in [-0.2, -0.15) is 0 Å². The summed E-state index contributed by atoms with van der Waals surface area (Å²) in [5, 5.41) is 1.84. The topological polar surface area (TPSA) is 72.9 Å². The van der Waals surface area contributed by atoms with Crippen molar-refractivity contribution in [2.45, 2.75) is 26.6 Å². The van der Waals surface area contributed by atoms with Gasteiger partial charge in [0.15, 0.2) is 0 Å². The lowest BCUT2D eigenvalue weighted by atomic mass is 10.1. The molecule has 0 aliphatic carbocycles. The van der Waals surface area contributed by atoms with Crippen LogP contribution in [0.1, 0.15) is 25.0 Å². The third kappa shape index (κ3) is 5.43. The maximum Gasteiger partial charge on any atom is 0.326 e. The van der Waals surface area contributed by atoms with Gasteiger partial charge < -0.3 is 9.47 Å². The first-order valence-corrected chi connectivity index (χ1v) is 11.4. The minimum Gasteiger partial charge on any atom is -0.489 e. The summed E-state index contributed by atoms with van der Waals surface area (Å²) in [5.74, 6) is -0.409. The van der Waals surface area contributed by atoms with Crippen LogP contribution >= 0.6 is 11.8 Å². The molecule has 4 rings (SSSR count). The molecule has 1 aliphatic heterocycles. The molecule has 0 saturated carbocycles. The van der Waals surface area contributed by atoms with Crippen molar-refractivity contribution in [3.63, 3.8) is 0 Å². The van der Waals surface area contributed by atoms with E-state index >= 15 is 0 Å². The largest absolute Gasteiger partial charge is 0.489 e. The predicted octanol–water partition coefficient (Wildman–Crippen LogP) is 5.41. The summed E-state index contributed by atoms with van der Waals surface area (Å²) in [6.45, 7) is 3.47. The molecule has 0 bridgehead atoms. The Kier molecular flexibility index (Phi) is 6.79. The first-order valence-electron chi connectivity index (χ1n) is 10.5. The van der Waals surface area contributed by atoms with Crippen molar-refractivity contribution in [1.82, 2.24) is 4.90 Å². The number of imide groups is 1. The summed E-state index contributed by atoms with van der Waals surface area (Å²) >= 11 is 0.810. The Balaban J connectivity index is 1.40. The van der Waals surface area contributed by atoms with Crippen molar-refractivity contribution in [3.8, 4) is 5.75 Å². The van der Waals surface area contributed by atoms with Gasteiger partial charge >= 0.3 is 5.97 Å². The second-order valence-corrected chi connectivity index (χ2v) is 8.80. The third-order valence-electron chi connectivity index (χ3n) is 4.98. The third-order valence-corrected chi connectivity index (χ3v) is 5.89. The van der Waals surface area contributed by atoms with E-state index in [0.717, 1.165) is 33.2 Å². The van der Waals surface area contributed by atoms with Gasteiger partial charge in [0.1, 0.15) is 18.9 Å². The van der Waals surface area contributed by atoms with E-state index in [9.17, 15) is 14.4 Å². The Morgan fingerprint density at radius 2 is 1.73 bits per heavy atom. The van der Waals surface area contributed by atoms with Crippen molar-refractivity contribution in [2.75, 3.05) is 6.54 Å². The van der Waals surface area contributed by atoms with Crippen molar-refractivity contribution in [3.05, 3.63) is 82.8 Å². The highest BCUT2D eigenvalue weighted by Crippen LogP contribution is 2.32. The van der Waals surface area contributed by atoms with Gasteiger partial charge in [-0.1, -0.05) is 54.6 Å². The van der Waals surface area contributed by atoms with E-state index < -0.39 is 17.1 Å². The van der Waals surface area contributed by atoms with Crippen LogP contribution in [-0.4, -0.2) is 34.7 Å². The molecule has 0 unspecified atom stereocenters. The normalized spacial score (nSPS) is 15.0. The smallest absolute Gasteiger partial charge is 0.326 e. The molecule has 168 valence electrons. The maximum atomic E-state index is 12.6. The zero-order valence-electron chi connectivity index (χ0n) is 18.3. The number of nitrogens with zero attached hydrogens (tertiary/aromatic N) is 1. The fourth-order valence-electron chi connectivity index (χ4n) is 3.46. The monoisotopic (exact) mass is 461 g/mol. The standard InChI is InChI=1S/C26H23NO5S/c1-17(2)32-24(28)15-27-25(29)23(33-26(27)30)14-18-10-12-21(13-11-18)31-16-20-8-5-7-19-6-3-4-9-22(19)20/h3-14,17H,15-16H2,1-2H3/b23-14+. The zero-order valence-corrected chi connectivity index (χ0v) is 19.1. The van der Waals surface area contributed by atoms with Gasteiger partial charge in [0.05, 0.1) is 11.0 Å². The molecule has 0 radical (unpaired) electrons. The van der Waals surface area contributed by atoms with E-state index in [4.69, 9.17) is 9.47 Å². The summed E-state index contributed by atoms with van der Waals surface area (Å²) in [7, 11) is 0. The molecule has 1 saturated heterocycles. The molecule has 0 aromatic heterocycles. The van der Waals surface area contributed by atoms with E-state index in [-0.39, 0.29) is 17.6 Å². The van der Waals surface area contributed by atoms with Gasteiger partial charge in [-0.15, -0.1) is 0 Å². The van der Waals surface area contributed by atoms with Gasteiger partial charge in [0.2, 0.25) is 0 Å². The molecule has 0 N–H and O–H groups in total. The van der Waals surface area contributed by atoms with Gasteiger partial charge in [-0.05, 0) is 65.7 Å². The fraction of sp³-hybridized carbons (Fsp3) is 0.192. The second kappa shape index (κ2) is 9.92. The van der Waals surface area contributed by atoms with Crippen molar-refractivity contribution in [2.24, 2.45) is 0 Å². The highest BCUT2D eigenvalue weighted by atomic mass is 32.2. The van der Waals surface area contributed by atoms with Crippen LogP contribution in [0, 0.1) is 0 Å². The number of hydrogen-bond acceptors (Lipinski definition) is 6. The van der Waals surface area contributed by atoms with Crippen molar-refractivity contribution >= 4 is 45.7 Å². The average Bonchev–Trinajstić information content (AvgIpc) is 3.05. The zero-order chi connectivity index (χ0) is 23.4. The predicted molar refractivity (Wildman–Crippen MR) is 129 cm³/mol. The number of thioether (sulfide) groups is 1. The molecule has 6 nitrogen and oxygen atoms in total. The molecule has 3 aromatic rings. The Labute approximate surface area is 196 Å². The van der Waals surface area contributed by atoms with Crippen LogP contribution < -0.4 is 4.74 Å². The van der Waals surface area contributed by atoms with Crippen LogP contribution in [0.3, 0.4) is 0 Å². The number of fused-ring (bicyclic) bond motifs is 1. The van der Waals surface area contributed by atoms with Crippen LogP contribution in [0.5, 0.6) is 5.75 Å². The van der Waals surface area contributed by atoms with Gasteiger partial charge in [0, 0.05) is 0 Å². The first kappa shape index (κ1) is 22.6. The quantitative estimate of drug-likeness (QED) is 0.346. The number of hydrogen-bond donors (Lipinski definition) is 0. The molecular formula is C26H23NO5S. The number of carbonyl (C=O) groups is 3. The molecule has 0 atom stereocenters. The van der Waals surface area contributed by atoms with E-state index in [1.54, 1.807) is 19.9 Å². The molecule has 0 spiro atoms. The number of benzene rings is 3. The lowest BCUT2D eigenvalue weighted by Gasteiger charge is -2.13. The molecule has 2 amide bonds. The second-order valence-electron chi connectivity index (χ2n) is 7.80. The van der Waals surface area contributed by atoms with E-state index in [2.05, 4.69) is 18.2 Å². The number of ether oxygens (including phenoxy) is 2. The van der Waals surface area contributed by atoms with Gasteiger partial charge in [-0.25, -0.2) is 0 Å². The van der Waals surface area contributed by atoms with Crippen LogP contribution in [0.25, 0.3) is 16.8 Å². The SMILES string of the molecule is CC(C)OC(=O)CN1C(=O)S/C(=C/c2ccc(OCc3cccc4ccccc34)cc2)C1=O. The number of amides is 2. The number of rotatable bonds is 7. The van der Waals surface area contributed by atoms with E-state index in [0.29, 0.717) is 12.4 Å². The summed E-state index contributed by atoms with van der Waals surface area (Å²) in [6.07, 6.45) is 1.32. The highest BCUT2D eigenvalue weighted by Gasteiger charge is 2.36. The summed E-state index contributed by atoms with van der Waals surface area (Å²) in [4.78, 5) is 37.7. The van der Waals surface area contributed by atoms with Crippen LogP contribution in [0.2, 0.25) is 0 Å². The maximum absolute atomic E-state index is 12.6. The fourth-order valence-corrected chi connectivity index (χ4v) is 4.29. The van der Waals surface area contributed by atoms with E-state index in [1.807, 2.05) is 48.5 Å². The Morgan fingerprint density at radius 1 is 1.00 bits per heavy atom. The molecule has 1 aliphatic rings. The van der Waals surface area contributed by atoms with E-state index in [1.165, 1.54) is 5.39 Å². The molecule has 1 fully saturated rings.